The Morgan fingerprint density at radius 1 is 1.08 bits per heavy atom. The van der Waals surface area contributed by atoms with Crippen LogP contribution in [-0.4, -0.2) is 33.8 Å². The lowest BCUT2D eigenvalue weighted by Gasteiger charge is -2.14. The smallest absolute Gasteiger partial charge is 0.303 e. The summed E-state index contributed by atoms with van der Waals surface area (Å²) in [4.78, 5) is 45.4. The Morgan fingerprint density at radius 2 is 1.69 bits per heavy atom. The van der Waals surface area contributed by atoms with Gasteiger partial charge >= 0.3 is 5.97 Å². The van der Waals surface area contributed by atoms with Gasteiger partial charge in [0.05, 0.1) is 10.7 Å². The summed E-state index contributed by atoms with van der Waals surface area (Å²) in [6.45, 7) is 0. The molecule has 0 unspecified atom stereocenters. The predicted octanol–water partition coefficient (Wildman–Crippen LogP) is 1.75. The van der Waals surface area contributed by atoms with E-state index in [1.165, 1.54) is 12.2 Å². The van der Waals surface area contributed by atoms with E-state index >= 15 is 0 Å². The van der Waals surface area contributed by atoms with Crippen molar-refractivity contribution < 1.29 is 24.3 Å². The van der Waals surface area contributed by atoms with E-state index in [0.29, 0.717) is 29.9 Å². The Kier molecular flexibility index (Phi) is 6.74. The van der Waals surface area contributed by atoms with Crippen LogP contribution < -0.4 is 10.2 Å². The number of benzene rings is 1. The Balaban J connectivity index is 0.000000290. The Morgan fingerprint density at radius 3 is 2.12 bits per heavy atom. The van der Waals surface area contributed by atoms with Crippen molar-refractivity contribution in [3.63, 3.8) is 0 Å². The van der Waals surface area contributed by atoms with Gasteiger partial charge in [-0.25, -0.2) is 4.90 Å². The van der Waals surface area contributed by atoms with E-state index in [1.54, 1.807) is 24.3 Å². The highest BCUT2D eigenvalue weighted by Gasteiger charge is 2.24. The third-order valence-electron chi connectivity index (χ3n) is 3.72. The summed E-state index contributed by atoms with van der Waals surface area (Å²) in [6.07, 6.45) is 5.17. The minimum absolute atomic E-state index is 0.0602. The molecule has 2 N–H and O–H groups in total. The molecule has 0 spiro atoms. The lowest BCUT2D eigenvalue weighted by atomic mass is 10.1. The van der Waals surface area contributed by atoms with Gasteiger partial charge < -0.3 is 10.4 Å². The van der Waals surface area contributed by atoms with E-state index < -0.39 is 5.97 Å². The second-order valence-electron chi connectivity index (χ2n) is 5.73. The molecule has 136 valence electrons. The van der Waals surface area contributed by atoms with Gasteiger partial charge in [0.25, 0.3) is 11.8 Å². The Hall–Kier alpha value is -2.87. The molecule has 0 aromatic heterocycles. The summed E-state index contributed by atoms with van der Waals surface area (Å²) >= 11 is 4.66. The SMILES string of the molecule is O=C(O)CCCc1ccc(N2C(=O)C=CC2=O)cc1.O=C1CCC(=S)N1. The zero-order chi connectivity index (χ0) is 19.1. The number of amides is 3. The summed E-state index contributed by atoms with van der Waals surface area (Å²) < 4.78 is 0. The van der Waals surface area contributed by atoms with Gasteiger partial charge in [0.1, 0.15) is 0 Å². The molecule has 26 heavy (non-hydrogen) atoms. The number of imide groups is 1. The van der Waals surface area contributed by atoms with Crippen LogP contribution in [0.2, 0.25) is 0 Å². The number of nitrogens with zero attached hydrogens (tertiary/aromatic N) is 1. The molecule has 3 amide bonds. The van der Waals surface area contributed by atoms with Crippen molar-refractivity contribution in [2.24, 2.45) is 0 Å². The van der Waals surface area contributed by atoms with Crippen LogP contribution in [0.5, 0.6) is 0 Å². The highest BCUT2D eigenvalue weighted by molar-refractivity contribution is 7.80. The summed E-state index contributed by atoms with van der Waals surface area (Å²) in [5.41, 5.74) is 1.51. The van der Waals surface area contributed by atoms with Crippen LogP contribution >= 0.6 is 12.2 Å². The zero-order valence-electron chi connectivity index (χ0n) is 13.9. The van der Waals surface area contributed by atoms with Crippen LogP contribution in [0, 0.1) is 0 Å². The second-order valence-corrected chi connectivity index (χ2v) is 6.22. The molecular formula is C18H18N2O5S. The lowest BCUT2D eigenvalue weighted by molar-refractivity contribution is -0.137. The van der Waals surface area contributed by atoms with Crippen LogP contribution in [0.25, 0.3) is 0 Å². The van der Waals surface area contributed by atoms with Crippen molar-refractivity contribution in [2.75, 3.05) is 4.90 Å². The molecule has 1 fully saturated rings. The summed E-state index contributed by atoms with van der Waals surface area (Å²) in [5.74, 6) is -1.44. The van der Waals surface area contributed by atoms with Crippen LogP contribution in [0.4, 0.5) is 5.69 Å². The van der Waals surface area contributed by atoms with E-state index in [2.05, 4.69) is 17.5 Å². The van der Waals surface area contributed by atoms with Crippen molar-refractivity contribution in [1.29, 1.82) is 0 Å². The molecule has 1 aromatic rings. The topological polar surface area (TPSA) is 104 Å². The van der Waals surface area contributed by atoms with E-state index in [0.717, 1.165) is 16.9 Å². The number of carbonyl (C=O) groups is 4. The molecule has 2 heterocycles. The fourth-order valence-electron chi connectivity index (χ4n) is 2.42. The van der Waals surface area contributed by atoms with Gasteiger partial charge in [-0.05, 0) is 30.5 Å². The maximum Gasteiger partial charge on any atom is 0.303 e. The van der Waals surface area contributed by atoms with E-state index in [4.69, 9.17) is 5.11 Å². The molecular weight excluding hydrogens is 356 g/mol. The average Bonchev–Trinajstić information content (AvgIpc) is 3.13. The normalized spacial score (nSPS) is 15.8. The summed E-state index contributed by atoms with van der Waals surface area (Å²) in [7, 11) is 0. The quantitative estimate of drug-likeness (QED) is 0.601. The monoisotopic (exact) mass is 374 g/mol. The van der Waals surface area contributed by atoms with Gasteiger partial charge in [0.2, 0.25) is 5.91 Å². The fraction of sp³-hybridized carbons (Fsp3) is 0.278. The van der Waals surface area contributed by atoms with Gasteiger partial charge in [-0.1, -0.05) is 24.4 Å². The molecule has 8 heteroatoms. The number of nitrogens with one attached hydrogen (secondary N) is 1. The first-order valence-corrected chi connectivity index (χ1v) is 8.47. The van der Waals surface area contributed by atoms with Gasteiger partial charge in [-0.2, -0.15) is 0 Å². The molecule has 1 aromatic carbocycles. The van der Waals surface area contributed by atoms with Crippen LogP contribution in [-0.2, 0) is 25.6 Å². The number of hydrogen-bond donors (Lipinski definition) is 2. The second kappa shape index (κ2) is 9.00. The Labute approximate surface area is 155 Å². The number of aliphatic carboxylic acids is 1. The van der Waals surface area contributed by atoms with Crippen LogP contribution in [0.1, 0.15) is 31.2 Å². The van der Waals surface area contributed by atoms with E-state index in [9.17, 15) is 19.2 Å². The van der Waals surface area contributed by atoms with Crippen LogP contribution in [0.3, 0.4) is 0 Å². The van der Waals surface area contributed by atoms with Gasteiger partial charge in [0, 0.05) is 31.4 Å². The largest absolute Gasteiger partial charge is 0.481 e. The van der Waals surface area contributed by atoms with Gasteiger partial charge in [-0.3, -0.25) is 19.2 Å². The van der Waals surface area contributed by atoms with Crippen molar-refractivity contribution in [2.45, 2.75) is 32.1 Å². The van der Waals surface area contributed by atoms with E-state index in [-0.39, 0.29) is 24.1 Å². The number of thiocarbonyl (C=S) groups is 1. The molecule has 2 aliphatic heterocycles. The third kappa shape index (κ3) is 5.59. The summed E-state index contributed by atoms with van der Waals surface area (Å²) in [5, 5.41) is 11.1. The molecule has 7 nitrogen and oxygen atoms in total. The number of anilines is 1. The lowest BCUT2D eigenvalue weighted by Crippen LogP contribution is -2.29. The summed E-state index contributed by atoms with van der Waals surface area (Å²) in [6, 6.07) is 6.99. The molecule has 3 rings (SSSR count). The third-order valence-corrected chi connectivity index (χ3v) is 4.02. The van der Waals surface area contributed by atoms with E-state index in [1.807, 2.05) is 0 Å². The predicted molar refractivity (Wildman–Crippen MR) is 98.6 cm³/mol. The molecule has 0 bridgehead atoms. The average molecular weight is 374 g/mol. The highest BCUT2D eigenvalue weighted by Crippen LogP contribution is 2.20. The standard InChI is InChI=1S/C14H13NO4.C4H5NOS/c16-12-8-9-13(17)15(12)11-6-4-10(5-7-11)2-1-3-14(18)19;6-3-1-2-4(7)5-3/h4-9H,1-3H2,(H,18,19);1-2H2,(H,5,6,7). The number of hydrogen-bond acceptors (Lipinski definition) is 5. The number of carboxylic acids is 1. The van der Waals surface area contributed by atoms with Gasteiger partial charge in [-0.15, -0.1) is 0 Å². The first-order valence-electron chi connectivity index (χ1n) is 8.06. The van der Waals surface area contributed by atoms with Crippen LogP contribution in [0.15, 0.2) is 36.4 Å². The van der Waals surface area contributed by atoms with Crippen molar-refractivity contribution >= 4 is 46.6 Å². The van der Waals surface area contributed by atoms with Crippen molar-refractivity contribution in [1.82, 2.24) is 5.32 Å². The number of carboxylic acid groups (broad SMARTS) is 1. The molecule has 1 saturated heterocycles. The maximum absolute atomic E-state index is 11.5. The molecule has 0 atom stereocenters. The molecule has 0 radical (unpaired) electrons. The zero-order valence-corrected chi connectivity index (χ0v) is 14.8. The minimum Gasteiger partial charge on any atom is -0.481 e. The number of rotatable bonds is 5. The fourth-order valence-corrected chi connectivity index (χ4v) is 2.63. The van der Waals surface area contributed by atoms with Gasteiger partial charge in [0.15, 0.2) is 0 Å². The Bertz CT molecular complexity index is 738. The number of aryl methyl sites for hydroxylation is 1. The minimum atomic E-state index is -0.809. The number of carbonyl (C=O) groups excluding carboxylic acids is 3. The van der Waals surface area contributed by atoms with Crippen molar-refractivity contribution in [3.8, 4) is 0 Å². The first kappa shape index (κ1) is 19.5. The molecule has 2 aliphatic rings. The first-order chi connectivity index (χ1) is 12.4. The molecule has 0 aliphatic carbocycles. The highest BCUT2D eigenvalue weighted by atomic mass is 32.1. The van der Waals surface area contributed by atoms with Crippen molar-refractivity contribution in [3.05, 3.63) is 42.0 Å². The molecule has 0 saturated carbocycles. The maximum atomic E-state index is 11.5.